The molecule has 7 nitrogen and oxygen atoms in total. The maximum atomic E-state index is 13.4. The number of carbonyl (C=O) groups excluding carboxylic acids is 1. The van der Waals surface area contributed by atoms with Gasteiger partial charge in [-0.25, -0.2) is 4.79 Å². The molecule has 1 saturated heterocycles. The van der Waals surface area contributed by atoms with Gasteiger partial charge in [-0.05, 0) is 69.2 Å². The van der Waals surface area contributed by atoms with E-state index in [-0.39, 0.29) is 18.0 Å². The average Bonchev–Trinajstić information content (AvgIpc) is 2.91. The lowest BCUT2D eigenvalue weighted by atomic mass is 9.74. The summed E-state index contributed by atoms with van der Waals surface area (Å²) in [5.74, 6) is 1.41. The number of unbranched alkanes of at least 4 members (excludes halogenated alkanes) is 1. The molecule has 3 rings (SSSR count). The fraction of sp³-hybridized carbons (Fsp3) is 0.759. The van der Waals surface area contributed by atoms with Gasteiger partial charge >= 0.3 is 6.03 Å². The molecule has 3 atom stereocenters. The van der Waals surface area contributed by atoms with E-state index in [9.17, 15) is 9.90 Å². The predicted molar refractivity (Wildman–Crippen MR) is 144 cm³/mol. The van der Waals surface area contributed by atoms with Crippen molar-refractivity contribution in [3.8, 4) is 5.75 Å². The molecule has 2 fully saturated rings. The summed E-state index contributed by atoms with van der Waals surface area (Å²) in [7, 11) is 5.31. The van der Waals surface area contributed by atoms with Gasteiger partial charge in [0.25, 0.3) is 0 Å². The third-order valence-corrected chi connectivity index (χ3v) is 8.23. The summed E-state index contributed by atoms with van der Waals surface area (Å²) in [6.07, 6.45) is 11.7. The average molecular weight is 504 g/mol. The Hall–Kier alpha value is -1.83. The molecular formula is C29H49N3O4. The Bertz CT molecular complexity index is 786. The number of aliphatic hydroxyl groups is 1. The molecular weight excluding hydrogens is 454 g/mol. The summed E-state index contributed by atoms with van der Waals surface area (Å²) >= 11 is 0. The van der Waals surface area contributed by atoms with Crippen LogP contribution in [0.3, 0.4) is 0 Å². The first-order valence-corrected chi connectivity index (χ1v) is 14.1. The number of nitrogens with one attached hydrogen (secondary N) is 2. The number of likely N-dealkylation sites (N-methyl/N-ethyl adjacent to an activating group) is 1. The topological polar surface area (TPSA) is 83.1 Å². The van der Waals surface area contributed by atoms with Gasteiger partial charge in [-0.15, -0.1) is 0 Å². The van der Waals surface area contributed by atoms with Crippen molar-refractivity contribution >= 4 is 6.03 Å². The van der Waals surface area contributed by atoms with Crippen LogP contribution in [0.4, 0.5) is 4.79 Å². The van der Waals surface area contributed by atoms with E-state index in [2.05, 4.69) is 10.6 Å². The number of carbonyl (C=O) groups is 1. The normalized spacial score (nSPS) is 21.6. The zero-order valence-corrected chi connectivity index (χ0v) is 22.8. The van der Waals surface area contributed by atoms with Crippen LogP contribution in [0.15, 0.2) is 24.3 Å². The largest absolute Gasteiger partial charge is 0.497 e. The summed E-state index contributed by atoms with van der Waals surface area (Å²) < 4.78 is 10.7. The highest BCUT2D eigenvalue weighted by Gasteiger charge is 2.41. The molecule has 2 aliphatic rings. The molecule has 36 heavy (non-hydrogen) atoms. The number of likely N-dealkylation sites (tertiary alicyclic amines) is 1. The summed E-state index contributed by atoms with van der Waals surface area (Å²) in [6.45, 7) is 2.75. The van der Waals surface area contributed by atoms with Crippen LogP contribution < -0.4 is 15.4 Å². The highest BCUT2D eigenvalue weighted by atomic mass is 16.5. The minimum Gasteiger partial charge on any atom is -0.497 e. The first-order chi connectivity index (χ1) is 17.5. The Kier molecular flexibility index (Phi) is 11.8. The predicted octanol–water partition coefficient (Wildman–Crippen LogP) is 4.68. The number of piperidine rings is 1. The number of rotatable bonds is 13. The molecule has 1 aliphatic carbocycles. The maximum absolute atomic E-state index is 13.4. The Balaban J connectivity index is 1.70. The summed E-state index contributed by atoms with van der Waals surface area (Å²) in [5.41, 5.74) is -0.148. The van der Waals surface area contributed by atoms with Gasteiger partial charge in [-0.2, -0.15) is 0 Å². The molecule has 0 bridgehead atoms. The molecule has 2 amide bonds. The fourth-order valence-electron chi connectivity index (χ4n) is 6.20. The van der Waals surface area contributed by atoms with Crippen LogP contribution in [-0.4, -0.2) is 69.6 Å². The first kappa shape index (κ1) is 28.7. The molecule has 1 aromatic carbocycles. The van der Waals surface area contributed by atoms with Gasteiger partial charge in [0.15, 0.2) is 0 Å². The summed E-state index contributed by atoms with van der Waals surface area (Å²) in [4.78, 5) is 15.3. The van der Waals surface area contributed by atoms with Crippen molar-refractivity contribution in [2.75, 3.05) is 47.5 Å². The Morgan fingerprint density at radius 2 is 1.97 bits per heavy atom. The van der Waals surface area contributed by atoms with Gasteiger partial charge in [0, 0.05) is 45.3 Å². The van der Waals surface area contributed by atoms with E-state index >= 15 is 0 Å². The van der Waals surface area contributed by atoms with Crippen molar-refractivity contribution in [1.82, 2.24) is 15.5 Å². The van der Waals surface area contributed by atoms with Crippen molar-refractivity contribution in [1.29, 1.82) is 0 Å². The third kappa shape index (κ3) is 8.09. The lowest BCUT2D eigenvalue weighted by Crippen LogP contribution is -2.54. The first-order valence-electron chi connectivity index (χ1n) is 14.1. The molecule has 1 aromatic rings. The van der Waals surface area contributed by atoms with Gasteiger partial charge in [-0.1, -0.05) is 44.2 Å². The minimum absolute atomic E-state index is 0.00290. The van der Waals surface area contributed by atoms with Crippen LogP contribution in [-0.2, 0) is 10.3 Å². The molecule has 1 aliphatic heterocycles. The Labute approximate surface area is 218 Å². The van der Waals surface area contributed by atoms with E-state index < -0.39 is 5.60 Å². The number of ether oxygens (including phenoxy) is 2. The number of benzene rings is 1. The smallest absolute Gasteiger partial charge is 0.317 e. The molecule has 204 valence electrons. The highest BCUT2D eigenvalue weighted by Crippen LogP contribution is 2.40. The highest BCUT2D eigenvalue weighted by molar-refractivity contribution is 5.74. The zero-order chi connectivity index (χ0) is 25.8. The molecule has 7 heteroatoms. The van der Waals surface area contributed by atoms with Crippen LogP contribution in [0.5, 0.6) is 5.75 Å². The van der Waals surface area contributed by atoms with E-state index in [0.717, 1.165) is 56.5 Å². The van der Waals surface area contributed by atoms with Gasteiger partial charge in [0.05, 0.1) is 12.7 Å². The van der Waals surface area contributed by atoms with Crippen LogP contribution in [0, 0.1) is 11.8 Å². The number of nitrogens with zero attached hydrogens (tertiary/aromatic N) is 1. The second-order valence-electron chi connectivity index (χ2n) is 10.8. The standard InChI is InChI=1S/C29H49N3O4/c1-30-21-26(19-23-11-5-4-6-12-23)31-28(33)32-17-10-14-25(22-32)29(34,16-7-8-18-35-2)24-13-9-15-27(20-24)36-3/h9,13,15,20,23,25-26,30,34H,4-8,10-12,14,16-19,21-22H2,1-3H3,(H,31,33). The summed E-state index contributed by atoms with van der Waals surface area (Å²) in [6, 6.07) is 7.92. The second-order valence-corrected chi connectivity index (χ2v) is 10.8. The van der Waals surface area contributed by atoms with Crippen LogP contribution >= 0.6 is 0 Å². The molecule has 1 heterocycles. The number of methoxy groups -OCH3 is 2. The van der Waals surface area contributed by atoms with Crippen LogP contribution in [0.2, 0.25) is 0 Å². The van der Waals surface area contributed by atoms with Gasteiger partial charge < -0.3 is 30.1 Å². The Morgan fingerprint density at radius 1 is 1.17 bits per heavy atom. The van der Waals surface area contributed by atoms with Crippen LogP contribution in [0.25, 0.3) is 0 Å². The molecule has 3 unspecified atom stereocenters. The number of hydrogen-bond acceptors (Lipinski definition) is 5. The van der Waals surface area contributed by atoms with E-state index in [4.69, 9.17) is 9.47 Å². The second kappa shape index (κ2) is 14.8. The van der Waals surface area contributed by atoms with Gasteiger partial charge in [0.2, 0.25) is 0 Å². The molecule has 1 saturated carbocycles. The van der Waals surface area contributed by atoms with Crippen LogP contribution in [0.1, 0.15) is 76.2 Å². The van der Waals surface area contributed by atoms with Gasteiger partial charge in [0.1, 0.15) is 5.75 Å². The third-order valence-electron chi connectivity index (χ3n) is 8.23. The van der Waals surface area contributed by atoms with Crippen molar-refractivity contribution in [3.05, 3.63) is 29.8 Å². The van der Waals surface area contributed by atoms with Crippen molar-refractivity contribution in [3.63, 3.8) is 0 Å². The lowest BCUT2D eigenvalue weighted by Gasteiger charge is -2.43. The SMILES string of the molecule is CNCC(CC1CCCCC1)NC(=O)N1CCCC(C(O)(CCCCOC)c2cccc(OC)c2)C1. The van der Waals surface area contributed by atoms with E-state index in [0.29, 0.717) is 25.5 Å². The van der Waals surface area contributed by atoms with E-state index in [1.54, 1.807) is 14.2 Å². The quantitative estimate of drug-likeness (QED) is 0.341. The van der Waals surface area contributed by atoms with Crippen molar-refractivity contribution in [2.45, 2.75) is 82.3 Å². The number of hydrogen-bond donors (Lipinski definition) is 3. The number of urea groups is 1. The molecule has 0 spiro atoms. The molecule has 0 aromatic heterocycles. The molecule has 3 N–H and O–H groups in total. The minimum atomic E-state index is -1.02. The van der Waals surface area contributed by atoms with Crippen molar-refractivity contribution < 1.29 is 19.4 Å². The fourth-order valence-corrected chi connectivity index (χ4v) is 6.20. The number of amides is 2. The van der Waals surface area contributed by atoms with E-state index in [1.165, 1.54) is 32.1 Å². The zero-order valence-electron chi connectivity index (χ0n) is 22.8. The Morgan fingerprint density at radius 3 is 2.69 bits per heavy atom. The maximum Gasteiger partial charge on any atom is 0.317 e. The lowest BCUT2D eigenvalue weighted by molar-refractivity contribution is -0.0565. The monoisotopic (exact) mass is 503 g/mol. The molecule has 0 radical (unpaired) electrons. The summed E-state index contributed by atoms with van der Waals surface area (Å²) in [5, 5.41) is 18.7. The van der Waals surface area contributed by atoms with Crippen molar-refractivity contribution in [2.24, 2.45) is 11.8 Å². The van der Waals surface area contributed by atoms with E-state index in [1.807, 2.05) is 36.2 Å². The van der Waals surface area contributed by atoms with Gasteiger partial charge in [-0.3, -0.25) is 0 Å².